The number of hydrogen-bond donors (Lipinski definition) is 2. The first-order valence-corrected chi connectivity index (χ1v) is 6.97. The predicted molar refractivity (Wildman–Crippen MR) is 74.2 cm³/mol. The first-order chi connectivity index (χ1) is 9.04. The molecule has 0 unspecified atom stereocenters. The zero-order valence-corrected chi connectivity index (χ0v) is 12.3. The van der Waals surface area contributed by atoms with Gasteiger partial charge in [0, 0.05) is 5.38 Å². The zero-order valence-electron chi connectivity index (χ0n) is 9.90. The van der Waals surface area contributed by atoms with Gasteiger partial charge in [0.05, 0.1) is 12.2 Å². The molecule has 100 valence electrons. The topological polar surface area (TPSA) is 84.2 Å². The van der Waals surface area contributed by atoms with Gasteiger partial charge in [0.25, 0.3) is 5.91 Å². The summed E-state index contributed by atoms with van der Waals surface area (Å²) in [5, 5.41) is 7.38. The Labute approximate surface area is 121 Å². The Hall–Kier alpha value is -1.67. The summed E-state index contributed by atoms with van der Waals surface area (Å²) >= 11 is 4.43. The maximum absolute atomic E-state index is 11.6. The van der Waals surface area contributed by atoms with E-state index in [0.717, 1.165) is 5.69 Å². The van der Waals surface area contributed by atoms with Crippen molar-refractivity contribution < 1.29 is 14.0 Å². The summed E-state index contributed by atoms with van der Waals surface area (Å²) in [4.78, 5) is 27.3. The van der Waals surface area contributed by atoms with Gasteiger partial charge >= 0.3 is 0 Å². The molecule has 0 saturated carbocycles. The lowest BCUT2D eigenvalue weighted by Crippen LogP contribution is -2.32. The van der Waals surface area contributed by atoms with Crippen LogP contribution < -0.4 is 10.6 Å². The molecule has 0 saturated heterocycles. The van der Waals surface area contributed by atoms with E-state index in [2.05, 4.69) is 31.5 Å². The Morgan fingerprint density at radius 2 is 2.26 bits per heavy atom. The second-order valence-corrected chi connectivity index (χ2v) is 5.27. The number of carbonyl (C=O) groups is 2. The van der Waals surface area contributed by atoms with Crippen molar-refractivity contribution in [2.24, 2.45) is 0 Å². The summed E-state index contributed by atoms with van der Waals surface area (Å²) in [6.45, 7) is 1.69. The molecule has 0 aliphatic carbocycles. The second kappa shape index (κ2) is 5.98. The number of amides is 2. The highest BCUT2D eigenvalue weighted by atomic mass is 79.9. The third kappa shape index (κ3) is 3.90. The second-order valence-electron chi connectivity index (χ2n) is 3.63. The van der Waals surface area contributed by atoms with Crippen molar-refractivity contribution in [3.05, 3.63) is 33.6 Å². The number of carbonyl (C=O) groups excluding carboxylic acids is 2. The molecule has 19 heavy (non-hydrogen) atoms. The summed E-state index contributed by atoms with van der Waals surface area (Å²) in [7, 11) is 0. The number of nitrogens with zero attached hydrogens (tertiary/aromatic N) is 1. The highest BCUT2D eigenvalue weighted by molar-refractivity contribution is 9.10. The Bertz CT molecular complexity index is 608. The van der Waals surface area contributed by atoms with Crippen molar-refractivity contribution in [2.75, 3.05) is 11.9 Å². The van der Waals surface area contributed by atoms with E-state index in [1.807, 2.05) is 12.3 Å². The first kappa shape index (κ1) is 13.8. The zero-order chi connectivity index (χ0) is 13.8. The summed E-state index contributed by atoms with van der Waals surface area (Å²) in [6, 6.07) is 3.12. The lowest BCUT2D eigenvalue weighted by atomic mass is 10.4. The molecular formula is C11H10BrN3O3S. The SMILES string of the molecule is Cc1csc(NC(=O)CNC(=O)c2ccc(Br)o2)n1. The van der Waals surface area contributed by atoms with E-state index in [1.54, 1.807) is 6.07 Å². The van der Waals surface area contributed by atoms with Crippen LogP contribution in [0.25, 0.3) is 0 Å². The first-order valence-electron chi connectivity index (χ1n) is 5.30. The molecule has 0 aliphatic rings. The normalized spacial score (nSPS) is 10.2. The highest BCUT2D eigenvalue weighted by Crippen LogP contribution is 2.14. The van der Waals surface area contributed by atoms with Crippen LogP contribution in [0.2, 0.25) is 0 Å². The summed E-state index contributed by atoms with van der Waals surface area (Å²) < 4.78 is 5.52. The predicted octanol–water partition coefficient (Wildman–Crippen LogP) is 2.18. The van der Waals surface area contributed by atoms with E-state index in [9.17, 15) is 9.59 Å². The molecule has 2 rings (SSSR count). The number of furan rings is 1. The van der Waals surface area contributed by atoms with Crippen LogP contribution in [0, 0.1) is 6.92 Å². The molecule has 0 atom stereocenters. The van der Waals surface area contributed by atoms with Gasteiger partial charge < -0.3 is 15.1 Å². The molecule has 0 bridgehead atoms. The summed E-state index contributed by atoms with van der Waals surface area (Å²) in [6.07, 6.45) is 0. The minimum atomic E-state index is -0.448. The minimum absolute atomic E-state index is 0.143. The van der Waals surface area contributed by atoms with Gasteiger partial charge in [-0.25, -0.2) is 4.98 Å². The van der Waals surface area contributed by atoms with Gasteiger partial charge in [0.2, 0.25) is 5.91 Å². The molecule has 2 heterocycles. The summed E-state index contributed by atoms with van der Waals surface area (Å²) in [5.74, 6) is -0.644. The maximum Gasteiger partial charge on any atom is 0.287 e. The number of hydrogen-bond acceptors (Lipinski definition) is 5. The van der Waals surface area contributed by atoms with Crippen molar-refractivity contribution in [3.63, 3.8) is 0 Å². The Morgan fingerprint density at radius 1 is 1.47 bits per heavy atom. The van der Waals surface area contributed by atoms with E-state index in [-0.39, 0.29) is 18.2 Å². The van der Waals surface area contributed by atoms with Crippen LogP contribution in [-0.4, -0.2) is 23.3 Å². The van der Waals surface area contributed by atoms with E-state index in [0.29, 0.717) is 9.80 Å². The Kier molecular flexibility index (Phi) is 4.33. The van der Waals surface area contributed by atoms with Crippen molar-refractivity contribution in [3.8, 4) is 0 Å². The number of nitrogens with one attached hydrogen (secondary N) is 2. The number of rotatable bonds is 4. The average molecular weight is 344 g/mol. The molecule has 2 aromatic rings. The van der Waals surface area contributed by atoms with Gasteiger partial charge in [-0.1, -0.05) is 0 Å². The molecular weight excluding hydrogens is 334 g/mol. The highest BCUT2D eigenvalue weighted by Gasteiger charge is 2.12. The number of halogens is 1. The van der Waals surface area contributed by atoms with Gasteiger partial charge in [0.1, 0.15) is 0 Å². The van der Waals surface area contributed by atoms with Crippen LogP contribution in [0.15, 0.2) is 26.6 Å². The minimum Gasteiger partial charge on any atom is -0.444 e. The standard InChI is InChI=1S/C11H10BrN3O3S/c1-6-5-19-11(14-6)15-9(16)4-13-10(17)7-2-3-8(12)18-7/h2-3,5H,4H2,1H3,(H,13,17)(H,14,15,16). The van der Waals surface area contributed by atoms with Crippen LogP contribution in [0.5, 0.6) is 0 Å². The average Bonchev–Trinajstić information content (AvgIpc) is 2.95. The number of aryl methyl sites for hydroxylation is 1. The van der Waals surface area contributed by atoms with Gasteiger partial charge in [-0.3, -0.25) is 9.59 Å². The monoisotopic (exact) mass is 343 g/mol. The van der Waals surface area contributed by atoms with Gasteiger partial charge in [-0.05, 0) is 35.0 Å². The van der Waals surface area contributed by atoms with Crippen molar-refractivity contribution in [1.29, 1.82) is 0 Å². The molecule has 2 N–H and O–H groups in total. The van der Waals surface area contributed by atoms with Gasteiger partial charge in [-0.2, -0.15) is 0 Å². The Balaban J connectivity index is 1.82. The van der Waals surface area contributed by atoms with E-state index in [1.165, 1.54) is 17.4 Å². The molecule has 0 spiro atoms. The summed E-state index contributed by atoms with van der Waals surface area (Å²) in [5.41, 5.74) is 0.838. The molecule has 0 fully saturated rings. The van der Waals surface area contributed by atoms with Crippen LogP contribution in [0.3, 0.4) is 0 Å². The molecule has 0 radical (unpaired) electrons. The number of anilines is 1. The number of aromatic nitrogens is 1. The van der Waals surface area contributed by atoms with Crippen LogP contribution in [-0.2, 0) is 4.79 Å². The van der Waals surface area contributed by atoms with Gasteiger partial charge in [-0.15, -0.1) is 11.3 Å². The van der Waals surface area contributed by atoms with Crippen LogP contribution in [0.4, 0.5) is 5.13 Å². The quantitative estimate of drug-likeness (QED) is 0.890. The molecule has 2 aromatic heterocycles. The molecule has 0 aliphatic heterocycles. The van der Waals surface area contributed by atoms with E-state index >= 15 is 0 Å². The largest absolute Gasteiger partial charge is 0.444 e. The lowest BCUT2D eigenvalue weighted by Gasteiger charge is -2.03. The van der Waals surface area contributed by atoms with Crippen LogP contribution in [0.1, 0.15) is 16.2 Å². The van der Waals surface area contributed by atoms with Crippen molar-refractivity contribution in [1.82, 2.24) is 10.3 Å². The smallest absolute Gasteiger partial charge is 0.287 e. The van der Waals surface area contributed by atoms with Crippen molar-refractivity contribution in [2.45, 2.75) is 6.92 Å². The molecule has 2 amide bonds. The van der Waals surface area contributed by atoms with Crippen molar-refractivity contribution >= 4 is 44.2 Å². The fourth-order valence-electron chi connectivity index (χ4n) is 1.26. The van der Waals surface area contributed by atoms with Crippen LogP contribution >= 0.6 is 27.3 Å². The third-order valence-corrected chi connectivity index (χ3v) is 3.37. The fraction of sp³-hybridized carbons (Fsp3) is 0.182. The molecule has 0 aromatic carbocycles. The lowest BCUT2D eigenvalue weighted by molar-refractivity contribution is -0.115. The number of thiazole rings is 1. The van der Waals surface area contributed by atoms with Gasteiger partial charge in [0.15, 0.2) is 15.6 Å². The maximum atomic E-state index is 11.6. The Morgan fingerprint density at radius 3 is 2.84 bits per heavy atom. The third-order valence-electron chi connectivity index (χ3n) is 2.07. The van der Waals surface area contributed by atoms with E-state index < -0.39 is 5.91 Å². The molecule has 8 heteroatoms. The molecule has 6 nitrogen and oxygen atoms in total. The van der Waals surface area contributed by atoms with E-state index in [4.69, 9.17) is 4.42 Å². The fourth-order valence-corrected chi connectivity index (χ4v) is 2.27.